The lowest BCUT2D eigenvalue weighted by atomic mass is 10.2. The van der Waals surface area contributed by atoms with Crippen molar-refractivity contribution in [1.82, 2.24) is 5.32 Å². The van der Waals surface area contributed by atoms with Gasteiger partial charge in [-0.1, -0.05) is 26.0 Å². The smallest absolute Gasteiger partial charge is 0.119 e. The van der Waals surface area contributed by atoms with Gasteiger partial charge in [0, 0.05) is 13.0 Å². The standard InChI is InChI=1S/C16H24N2O/c1-14(2)12-18-13-15-6-8-16(9-7-15)19-11-5-3-4-10-17/h6-9,14,18H,3-5,11-13H2,1-2H3. The van der Waals surface area contributed by atoms with Crippen molar-refractivity contribution in [2.24, 2.45) is 5.92 Å². The van der Waals surface area contributed by atoms with Crippen LogP contribution in [0.3, 0.4) is 0 Å². The monoisotopic (exact) mass is 260 g/mol. The summed E-state index contributed by atoms with van der Waals surface area (Å²) >= 11 is 0. The first-order valence-electron chi connectivity index (χ1n) is 7.01. The zero-order valence-corrected chi connectivity index (χ0v) is 12.0. The average Bonchev–Trinajstić information content (AvgIpc) is 2.40. The Morgan fingerprint density at radius 1 is 1.21 bits per heavy atom. The summed E-state index contributed by atoms with van der Waals surface area (Å²) in [6, 6.07) is 10.4. The molecule has 19 heavy (non-hydrogen) atoms. The molecule has 0 aliphatic rings. The van der Waals surface area contributed by atoms with Crippen LogP contribution in [-0.4, -0.2) is 13.2 Å². The molecule has 0 heterocycles. The number of ether oxygens (including phenoxy) is 1. The van der Waals surface area contributed by atoms with Crippen LogP contribution in [0.1, 0.15) is 38.7 Å². The fourth-order valence-corrected chi connectivity index (χ4v) is 1.70. The second-order valence-corrected chi connectivity index (χ2v) is 5.13. The summed E-state index contributed by atoms with van der Waals surface area (Å²) in [5.74, 6) is 1.58. The number of benzene rings is 1. The number of hydrogen-bond acceptors (Lipinski definition) is 3. The molecule has 0 spiro atoms. The molecule has 3 nitrogen and oxygen atoms in total. The van der Waals surface area contributed by atoms with Crippen LogP contribution in [0.15, 0.2) is 24.3 Å². The lowest BCUT2D eigenvalue weighted by molar-refractivity contribution is 0.307. The minimum absolute atomic E-state index is 0.615. The van der Waals surface area contributed by atoms with E-state index in [9.17, 15) is 0 Å². The molecule has 0 saturated carbocycles. The van der Waals surface area contributed by atoms with Crippen LogP contribution >= 0.6 is 0 Å². The van der Waals surface area contributed by atoms with E-state index in [1.165, 1.54) is 5.56 Å². The van der Waals surface area contributed by atoms with Gasteiger partial charge in [0.25, 0.3) is 0 Å². The number of nitrogens with zero attached hydrogens (tertiary/aromatic N) is 1. The second kappa shape index (κ2) is 9.41. The number of nitrogens with one attached hydrogen (secondary N) is 1. The van der Waals surface area contributed by atoms with Crippen molar-refractivity contribution in [2.45, 2.75) is 39.7 Å². The number of unbranched alkanes of at least 4 members (excludes halogenated alkanes) is 2. The molecule has 0 unspecified atom stereocenters. The molecule has 0 aliphatic heterocycles. The van der Waals surface area contributed by atoms with Crippen LogP contribution in [0.2, 0.25) is 0 Å². The summed E-state index contributed by atoms with van der Waals surface area (Å²) in [5, 5.41) is 11.8. The molecule has 0 fully saturated rings. The van der Waals surface area contributed by atoms with Crippen molar-refractivity contribution < 1.29 is 4.74 Å². The lowest BCUT2D eigenvalue weighted by Crippen LogP contribution is -2.18. The van der Waals surface area contributed by atoms with Crippen LogP contribution in [0.5, 0.6) is 5.75 Å². The number of rotatable bonds is 9. The van der Waals surface area contributed by atoms with Crippen molar-refractivity contribution >= 4 is 0 Å². The van der Waals surface area contributed by atoms with E-state index in [1.807, 2.05) is 12.1 Å². The van der Waals surface area contributed by atoms with E-state index in [0.717, 1.165) is 31.7 Å². The van der Waals surface area contributed by atoms with Crippen LogP contribution < -0.4 is 10.1 Å². The van der Waals surface area contributed by atoms with E-state index in [0.29, 0.717) is 18.9 Å². The maximum absolute atomic E-state index is 8.42. The van der Waals surface area contributed by atoms with Crippen molar-refractivity contribution in [2.75, 3.05) is 13.2 Å². The van der Waals surface area contributed by atoms with Crippen LogP contribution in [0, 0.1) is 17.2 Å². The minimum Gasteiger partial charge on any atom is -0.494 e. The van der Waals surface area contributed by atoms with Crippen LogP contribution in [0.25, 0.3) is 0 Å². The lowest BCUT2D eigenvalue weighted by Gasteiger charge is -2.09. The highest BCUT2D eigenvalue weighted by molar-refractivity contribution is 5.27. The number of hydrogen-bond donors (Lipinski definition) is 1. The maximum atomic E-state index is 8.42. The van der Waals surface area contributed by atoms with E-state index >= 15 is 0 Å². The summed E-state index contributed by atoms with van der Waals surface area (Å²) in [7, 11) is 0. The third-order valence-corrected chi connectivity index (χ3v) is 2.76. The van der Waals surface area contributed by atoms with E-state index in [4.69, 9.17) is 10.00 Å². The van der Waals surface area contributed by atoms with Gasteiger partial charge in [0.15, 0.2) is 0 Å². The summed E-state index contributed by atoms with van der Waals surface area (Å²) in [4.78, 5) is 0. The predicted molar refractivity (Wildman–Crippen MR) is 77.9 cm³/mol. The molecule has 1 aromatic rings. The summed E-state index contributed by atoms with van der Waals surface area (Å²) in [6.45, 7) is 7.04. The van der Waals surface area contributed by atoms with E-state index in [1.54, 1.807) is 0 Å². The van der Waals surface area contributed by atoms with Crippen molar-refractivity contribution in [3.05, 3.63) is 29.8 Å². The third kappa shape index (κ3) is 7.48. The molecule has 1 N–H and O–H groups in total. The van der Waals surface area contributed by atoms with Crippen LogP contribution in [-0.2, 0) is 6.54 Å². The van der Waals surface area contributed by atoms with Crippen molar-refractivity contribution in [1.29, 1.82) is 5.26 Å². The highest BCUT2D eigenvalue weighted by atomic mass is 16.5. The van der Waals surface area contributed by atoms with Gasteiger partial charge in [-0.2, -0.15) is 5.26 Å². The Kier molecular flexibility index (Phi) is 7.69. The Labute approximate surface area is 116 Å². The van der Waals surface area contributed by atoms with Gasteiger partial charge in [0.2, 0.25) is 0 Å². The minimum atomic E-state index is 0.615. The number of nitriles is 1. The average molecular weight is 260 g/mol. The van der Waals surface area contributed by atoms with Gasteiger partial charge in [0.05, 0.1) is 12.7 Å². The van der Waals surface area contributed by atoms with Gasteiger partial charge in [-0.3, -0.25) is 0 Å². The van der Waals surface area contributed by atoms with Gasteiger partial charge in [-0.05, 0) is 43.0 Å². The SMILES string of the molecule is CC(C)CNCc1ccc(OCCCCC#N)cc1. The Morgan fingerprint density at radius 3 is 2.58 bits per heavy atom. The quantitative estimate of drug-likeness (QED) is 0.691. The highest BCUT2D eigenvalue weighted by Crippen LogP contribution is 2.12. The molecule has 0 saturated heterocycles. The molecule has 1 aromatic carbocycles. The first-order valence-corrected chi connectivity index (χ1v) is 7.01. The normalized spacial score (nSPS) is 10.4. The molecule has 3 heteroatoms. The molecule has 0 radical (unpaired) electrons. The van der Waals surface area contributed by atoms with Gasteiger partial charge >= 0.3 is 0 Å². The molecule has 104 valence electrons. The van der Waals surface area contributed by atoms with E-state index in [-0.39, 0.29) is 0 Å². The molecule has 0 bridgehead atoms. The van der Waals surface area contributed by atoms with E-state index in [2.05, 4.69) is 37.4 Å². The molecule has 0 amide bonds. The highest BCUT2D eigenvalue weighted by Gasteiger charge is 1.97. The second-order valence-electron chi connectivity index (χ2n) is 5.13. The zero-order valence-electron chi connectivity index (χ0n) is 12.0. The van der Waals surface area contributed by atoms with Gasteiger partial charge in [0.1, 0.15) is 5.75 Å². The molecular weight excluding hydrogens is 236 g/mol. The Morgan fingerprint density at radius 2 is 1.95 bits per heavy atom. The van der Waals surface area contributed by atoms with Crippen molar-refractivity contribution in [3.63, 3.8) is 0 Å². The maximum Gasteiger partial charge on any atom is 0.119 e. The summed E-state index contributed by atoms with van der Waals surface area (Å²) in [5.41, 5.74) is 1.28. The molecule has 1 rings (SSSR count). The van der Waals surface area contributed by atoms with Gasteiger partial charge in [-0.25, -0.2) is 0 Å². The zero-order chi connectivity index (χ0) is 13.9. The van der Waals surface area contributed by atoms with Crippen molar-refractivity contribution in [3.8, 4) is 11.8 Å². The third-order valence-electron chi connectivity index (χ3n) is 2.76. The van der Waals surface area contributed by atoms with E-state index < -0.39 is 0 Å². The van der Waals surface area contributed by atoms with Crippen LogP contribution in [0.4, 0.5) is 0 Å². The summed E-state index contributed by atoms with van der Waals surface area (Å²) in [6.07, 6.45) is 2.46. The molecule has 0 aromatic heterocycles. The first kappa shape index (κ1) is 15.5. The molecule has 0 aliphatic carbocycles. The largest absolute Gasteiger partial charge is 0.494 e. The predicted octanol–water partition coefficient (Wildman–Crippen LogP) is 3.50. The summed E-state index contributed by atoms with van der Waals surface area (Å²) < 4.78 is 5.62. The van der Waals surface area contributed by atoms with Gasteiger partial charge < -0.3 is 10.1 Å². The Balaban J connectivity index is 2.22. The fraction of sp³-hybridized carbons (Fsp3) is 0.562. The Bertz CT molecular complexity index is 379. The molecule has 0 atom stereocenters. The Hall–Kier alpha value is -1.53. The topological polar surface area (TPSA) is 45.0 Å². The fourth-order valence-electron chi connectivity index (χ4n) is 1.70. The first-order chi connectivity index (χ1) is 9.22. The molecular formula is C16H24N2O. The van der Waals surface area contributed by atoms with Gasteiger partial charge in [-0.15, -0.1) is 0 Å².